The largest absolute Gasteiger partial charge is 0.399 e. The van der Waals surface area contributed by atoms with Gasteiger partial charge in [0.2, 0.25) is 5.78 Å². The molecule has 0 spiro atoms. The van der Waals surface area contributed by atoms with Gasteiger partial charge in [0.25, 0.3) is 0 Å². The number of hydrogen-bond acceptors (Lipinski definition) is 2. The average molecular weight is 187 g/mol. The van der Waals surface area contributed by atoms with Gasteiger partial charge in [0, 0.05) is 12.1 Å². The van der Waals surface area contributed by atoms with Gasteiger partial charge in [0.1, 0.15) is 0 Å². The van der Waals surface area contributed by atoms with Crippen LogP contribution < -0.4 is 5.73 Å². The summed E-state index contributed by atoms with van der Waals surface area (Å²) in [5.74, 6) is 2.11. The molecule has 2 nitrogen and oxygen atoms in total. The lowest BCUT2D eigenvalue weighted by Gasteiger charge is -2.08. The van der Waals surface area contributed by atoms with Gasteiger partial charge < -0.3 is 5.73 Å². The van der Waals surface area contributed by atoms with E-state index in [2.05, 4.69) is 5.92 Å². The maximum atomic E-state index is 11.0. The molecular weight excluding hydrogens is 174 g/mol. The van der Waals surface area contributed by atoms with E-state index < -0.39 is 0 Å². The topological polar surface area (TPSA) is 43.1 Å². The van der Waals surface area contributed by atoms with Crippen LogP contribution in [0.25, 0.3) is 0 Å². The van der Waals surface area contributed by atoms with Crippen LogP contribution in [0.2, 0.25) is 0 Å². The van der Waals surface area contributed by atoms with Crippen molar-refractivity contribution >= 4 is 11.5 Å². The van der Waals surface area contributed by atoms with Crippen molar-refractivity contribution in [3.05, 3.63) is 29.8 Å². The lowest BCUT2D eigenvalue weighted by Crippen LogP contribution is -2.01. The monoisotopic (exact) mass is 187 g/mol. The second-order valence-corrected chi connectivity index (χ2v) is 3.34. The molecule has 1 aromatic carbocycles. The fourth-order valence-corrected chi connectivity index (χ4v) is 1.28. The van der Waals surface area contributed by atoms with Crippen molar-refractivity contribution in [3.63, 3.8) is 0 Å². The number of terminal acetylenes is 1. The van der Waals surface area contributed by atoms with Crippen LogP contribution in [0, 0.1) is 12.3 Å². The molecule has 0 radical (unpaired) electrons. The Morgan fingerprint density at radius 3 is 2.57 bits per heavy atom. The molecule has 2 N–H and O–H groups in total. The molecule has 2 heteroatoms. The lowest BCUT2D eigenvalue weighted by molar-refractivity contribution is -0.114. The Morgan fingerprint density at radius 1 is 1.50 bits per heavy atom. The number of Topliss-reactive ketones (excluding diaryl/α,β-unsaturated/α-hetero) is 1. The molecule has 0 fully saturated rings. The molecule has 0 aliphatic carbocycles. The third-order valence-corrected chi connectivity index (χ3v) is 2.16. The Bertz CT molecular complexity index is 359. The average Bonchev–Trinajstić information content (AvgIpc) is 2.18. The molecular formula is C12H13NO. The number of anilines is 1. The van der Waals surface area contributed by atoms with Crippen molar-refractivity contribution < 1.29 is 4.79 Å². The minimum Gasteiger partial charge on any atom is -0.399 e. The Balaban J connectivity index is 2.71. The highest BCUT2D eigenvalue weighted by Gasteiger charge is 2.08. The second kappa shape index (κ2) is 4.48. The van der Waals surface area contributed by atoms with Crippen molar-refractivity contribution in [1.82, 2.24) is 0 Å². The van der Waals surface area contributed by atoms with Crippen molar-refractivity contribution in [2.45, 2.75) is 19.3 Å². The molecule has 14 heavy (non-hydrogen) atoms. The minimum absolute atomic E-state index is 0.152. The predicted octanol–water partition coefficient (Wildman–Crippen LogP) is 1.96. The van der Waals surface area contributed by atoms with Crippen LogP contribution in [0.15, 0.2) is 24.3 Å². The van der Waals surface area contributed by atoms with E-state index in [1.54, 1.807) is 0 Å². The van der Waals surface area contributed by atoms with E-state index in [-0.39, 0.29) is 11.7 Å². The third-order valence-electron chi connectivity index (χ3n) is 2.16. The van der Waals surface area contributed by atoms with E-state index >= 15 is 0 Å². The standard InChI is InChI=1S/C12H13NO/c1-3-12(14)8-9(2)10-4-6-11(13)7-5-10/h1,4-7,9H,8,13H2,2H3. The Hall–Kier alpha value is -1.75. The molecule has 0 aromatic heterocycles. The summed E-state index contributed by atoms with van der Waals surface area (Å²) < 4.78 is 0. The highest BCUT2D eigenvalue weighted by molar-refractivity contribution is 5.95. The predicted molar refractivity (Wildman–Crippen MR) is 57.7 cm³/mol. The third kappa shape index (κ3) is 2.63. The zero-order valence-electron chi connectivity index (χ0n) is 8.16. The van der Waals surface area contributed by atoms with Gasteiger partial charge in [0.15, 0.2) is 0 Å². The SMILES string of the molecule is C#CC(=O)CC(C)c1ccc(N)cc1. The van der Waals surface area contributed by atoms with Crippen LogP contribution in [0.4, 0.5) is 5.69 Å². The fourth-order valence-electron chi connectivity index (χ4n) is 1.28. The molecule has 0 aliphatic rings. The highest BCUT2D eigenvalue weighted by atomic mass is 16.1. The number of benzene rings is 1. The minimum atomic E-state index is -0.158. The van der Waals surface area contributed by atoms with Gasteiger partial charge in [-0.3, -0.25) is 4.79 Å². The van der Waals surface area contributed by atoms with Crippen LogP contribution in [0.3, 0.4) is 0 Å². The summed E-state index contributed by atoms with van der Waals surface area (Å²) in [6.45, 7) is 1.97. The zero-order valence-corrected chi connectivity index (χ0v) is 8.16. The Kier molecular flexibility index (Phi) is 3.30. The number of carbonyl (C=O) groups is 1. The number of ketones is 1. The number of nitrogens with two attached hydrogens (primary N) is 1. The first-order chi connectivity index (χ1) is 6.63. The van der Waals surface area contributed by atoms with Gasteiger partial charge in [-0.05, 0) is 29.5 Å². The summed E-state index contributed by atoms with van der Waals surface area (Å²) in [5.41, 5.74) is 7.37. The maximum Gasteiger partial charge on any atom is 0.205 e. The summed E-state index contributed by atoms with van der Waals surface area (Å²) in [7, 11) is 0. The number of hydrogen-bond donors (Lipinski definition) is 1. The number of rotatable bonds is 3. The van der Waals surface area contributed by atoms with Gasteiger partial charge in [-0.15, -0.1) is 6.42 Å². The molecule has 0 saturated carbocycles. The summed E-state index contributed by atoms with van der Waals surface area (Å²) in [4.78, 5) is 11.0. The fraction of sp³-hybridized carbons (Fsp3) is 0.250. The molecule has 0 aliphatic heterocycles. The molecule has 1 atom stereocenters. The quantitative estimate of drug-likeness (QED) is 0.446. The van der Waals surface area contributed by atoms with Gasteiger partial charge in [-0.25, -0.2) is 0 Å². The molecule has 0 bridgehead atoms. The van der Waals surface area contributed by atoms with Gasteiger partial charge >= 0.3 is 0 Å². The van der Waals surface area contributed by atoms with Gasteiger partial charge in [0.05, 0.1) is 0 Å². The first kappa shape index (κ1) is 10.3. The summed E-state index contributed by atoms with van der Waals surface area (Å²) in [6, 6.07) is 7.49. The molecule has 72 valence electrons. The number of nitrogen functional groups attached to an aromatic ring is 1. The molecule has 1 unspecified atom stereocenters. The molecule has 1 rings (SSSR count). The molecule has 1 aromatic rings. The summed E-state index contributed by atoms with van der Waals surface area (Å²) >= 11 is 0. The second-order valence-electron chi connectivity index (χ2n) is 3.34. The maximum absolute atomic E-state index is 11.0. The van der Waals surface area contributed by atoms with Crippen molar-refractivity contribution in [3.8, 4) is 12.3 Å². The highest BCUT2D eigenvalue weighted by Crippen LogP contribution is 2.19. The van der Waals surface area contributed by atoms with Crippen LogP contribution in [-0.2, 0) is 4.79 Å². The van der Waals surface area contributed by atoms with Gasteiger partial charge in [-0.1, -0.05) is 19.1 Å². The summed E-state index contributed by atoms with van der Waals surface area (Å²) in [6.07, 6.45) is 5.39. The Labute approximate surface area is 84.1 Å². The van der Waals surface area contributed by atoms with Gasteiger partial charge in [-0.2, -0.15) is 0 Å². The van der Waals surface area contributed by atoms with Crippen LogP contribution in [0.1, 0.15) is 24.8 Å². The van der Waals surface area contributed by atoms with E-state index in [0.717, 1.165) is 11.3 Å². The Morgan fingerprint density at radius 2 is 2.07 bits per heavy atom. The smallest absolute Gasteiger partial charge is 0.205 e. The lowest BCUT2D eigenvalue weighted by atomic mass is 9.96. The van der Waals surface area contributed by atoms with Crippen molar-refractivity contribution in [1.29, 1.82) is 0 Å². The van der Waals surface area contributed by atoms with E-state index in [0.29, 0.717) is 6.42 Å². The van der Waals surface area contributed by atoms with E-state index in [9.17, 15) is 4.79 Å². The molecule has 0 saturated heterocycles. The van der Waals surface area contributed by atoms with Crippen LogP contribution in [-0.4, -0.2) is 5.78 Å². The van der Waals surface area contributed by atoms with Crippen LogP contribution >= 0.6 is 0 Å². The van der Waals surface area contributed by atoms with Crippen molar-refractivity contribution in [2.75, 3.05) is 5.73 Å². The first-order valence-corrected chi connectivity index (χ1v) is 4.48. The molecule has 0 heterocycles. The van der Waals surface area contributed by atoms with E-state index in [1.807, 2.05) is 31.2 Å². The normalized spacial score (nSPS) is 11.7. The van der Waals surface area contributed by atoms with E-state index in [1.165, 1.54) is 0 Å². The number of carbonyl (C=O) groups excluding carboxylic acids is 1. The summed E-state index contributed by atoms with van der Waals surface area (Å²) in [5, 5.41) is 0. The molecule has 0 amide bonds. The van der Waals surface area contributed by atoms with E-state index in [4.69, 9.17) is 12.2 Å². The zero-order chi connectivity index (χ0) is 10.6. The van der Waals surface area contributed by atoms with Crippen LogP contribution in [0.5, 0.6) is 0 Å². The first-order valence-electron chi connectivity index (χ1n) is 4.48. The van der Waals surface area contributed by atoms with Crippen molar-refractivity contribution in [2.24, 2.45) is 0 Å².